The number of halogens is 1. The molecule has 0 aliphatic heterocycles. The SMILES string of the molecule is N#Cc1ccc(Cl)cc1NC(=O)Cc1cccc(N)c1. The van der Waals surface area contributed by atoms with Crippen LogP contribution < -0.4 is 11.1 Å². The Bertz CT molecular complexity index is 692. The van der Waals surface area contributed by atoms with E-state index in [0.29, 0.717) is 22.0 Å². The van der Waals surface area contributed by atoms with Gasteiger partial charge in [0.2, 0.25) is 5.91 Å². The van der Waals surface area contributed by atoms with Gasteiger partial charge in [-0.3, -0.25) is 4.79 Å². The fraction of sp³-hybridized carbons (Fsp3) is 0.0667. The third-order valence-electron chi connectivity index (χ3n) is 2.69. The van der Waals surface area contributed by atoms with Crippen molar-refractivity contribution in [2.45, 2.75) is 6.42 Å². The maximum Gasteiger partial charge on any atom is 0.228 e. The summed E-state index contributed by atoms with van der Waals surface area (Å²) in [5.41, 5.74) is 7.86. The van der Waals surface area contributed by atoms with Crippen LogP contribution in [0.1, 0.15) is 11.1 Å². The van der Waals surface area contributed by atoms with Gasteiger partial charge in [-0.25, -0.2) is 0 Å². The van der Waals surface area contributed by atoms with E-state index in [1.54, 1.807) is 36.4 Å². The van der Waals surface area contributed by atoms with E-state index in [4.69, 9.17) is 22.6 Å². The topological polar surface area (TPSA) is 78.9 Å². The molecular formula is C15H12ClN3O. The first-order valence-electron chi connectivity index (χ1n) is 5.92. The predicted molar refractivity (Wildman–Crippen MR) is 79.4 cm³/mol. The summed E-state index contributed by atoms with van der Waals surface area (Å²) in [5.74, 6) is -0.227. The van der Waals surface area contributed by atoms with Crippen molar-refractivity contribution in [3.05, 3.63) is 58.6 Å². The highest BCUT2D eigenvalue weighted by atomic mass is 35.5. The van der Waals surface area contributed by atoms with Gasteiger partial charge in [0.25, 0.3) is 0 Å². The molecule has 0 aromatic heterocycles. The smallest absolute Gasteiger partial charge is 0.228 e. The number of benzene rings is 2. The van der Waals surface area contributed by atoms with E-state index < -0.39 is 0 Å². The third-order valence-corrected chi connectivity index (χ3v) is 2.93. The minimum Gasteiger partial charge on any atom is -0.399 e. The Labute approximate surface area is 121 Å². The zero-order chi connectivity index (χ0) is 14.5. The second-order valence-electron chi connectivity index (χ2n) is 4.27. The van der Waals surface area contributed by atoms with E-state index in [2.05, 4.69) is 5.32 Å². The van der Waals surface area contributed by atoms with E-state index >= 15 is 0 Å². The summed E-state index contributed by atoms with van der Waals surface area (Å²) in [6, 6.07) is 13.8. The van der Waals surface area contributed by atoms with Crippen LogP contribution in [0.15, 0.2) is 42.5 Å². The highest BCUT2D eigenvalue weighted by Crippen LogP contribution is 2.20. The normalized spacial score (nSPS) is 9.80. The number of amides is 1. The van der Waals surface area contributed by atoms with Gasteiger partial charge in [-0.2, -0.15) is 5.26 Å². The lowest BCUT2D eigenvalue weighted by Crippen LogP contribution is -2.15. The molecule has 0 radical (unpaired) electrons. The molecule has 0 aliphatic carbocycles. The van der Waals surface area contributed by atoms with E-state index in [1.165, 1.54) is 0 Å². The summed E-state index contributed by atoms with van der Waals surface area (Å²) in [6.07, 6.45) is 0.183. The maximum atomic E-state index is 12.0. The van der Waals surface area contributed by atoms with E-state index in [0.717, 1.165) is 5.56 Å². The Hall–Kier alpha value is -2.51. The van der Waals surface area contributed by atoms with Crippen molar-refractivity contribution in [3.8, 4) is 6.07 Å². The second kappa shape index (κ2) is 6.09. The third kappa shape index (κ3) is 3.50. The number of carbonyl (C=O) groups excluding carboxylic acids is 1. The van der Waals surface area contributed by atoms with Crippen LogP contribution in [0.2, 0.25) is 5.02 Å². The Morgan fingerprint density at radius 2 is 2.10 bits per heavy atom. The average Bonchev–Trinajstić information content (AvgIpc) is 2.38. The van der Waals surface area contributed by atoms with Crippen LogP contribution in [0.4, 0.5) is 11.4 Å². The molecule has 1 amide bonds. The molecule has 0 bridgehead atoms. The van der Waals surface area contributed by atoms with Crippen LogP contribution in [0.25, 0.3) is 0 Å². The second-order valence-corrected chi connectivity index (χ2v) is 4.71. The van der Waals surface area contributed by atoms with Gasteiger partial charge in [0.15, 0.2) is 0 Å². The highest BCUT2D eigenvalue weighted by molar-refractivity contribution is 6.31. The van der Waals surface area contributed by atoms with Crippen molar-refractivity contribution in [1.29, 1.82) is 5.26 Å². The molecule has 20 heavy (non-hydrogen) atoms. The van der Waals surface area contributed by atoms with Gasteiger partial charge in [0.05, 0.1) is 17.7 Å². The van der Waals surface area contributed by atoms with Crippen molar-refractivity contribution in [3.63, 3.8) is 0 Å². The van der Waals surface area contributed by atoms with Crippen LogP contribution in [0.3, 0.4) is 0 Å². The van der Waals surface area contributed by atoms with Crippen molar-refractivity contribution in [1.82, 2.24) is 0 Å². The van der Waals surface area contributed by atoms with E-state index in [-0.39, 0.29) is 12.3 Å². The summed E-state index contributed by atoms with van der Waals surface area (Å²) in [5, 5.41) is 12.1. The molecule has 0 atom stereocenters. The average molecular weight is 286 g/mol. The number of nitrogens with one attached hydrogen (secondary N) is 1. The minimum absolute atomic E-state index is 0.183. The minimum atomic E-state index is -0.227. The van der Waals surface area contributed by atoms with Crippen molar-refractivity contribution in [2.24, 2.45) is 0 Å². The number of nitriles is 1. The first-order valence-corrected chi connectivity index (χ1v) is 6.30. The number of hydrogen-bond donors (Lipinski definition) is 2. The van der Waals surface area contributed by atoms with Crippen LogP contribution in [0, 0.1) is 11.3 Å². The molecule has 100 valence electrons. The molecule has 0 fully saturated rings. The van der Waals surface area contributed by atoms with Gasteiger partial charge < -0.3 is 11.1 Å². The number of nitrogens with two attached hydrogens (primary N) is 1. The van der Waals surface area contributed by atoms with Crippen LogP contribution >= 0.6 is 11.6 Å². The molecule has 2 rings (SSSR count). The molecule has 0 saturated heterocycles. The molecule has 2 aromatic carbocycles. The monoisotopic (exact) mass is 285 g/mol. The number of nitrogen functional groups attached to an aromatic ring is 1. The summed E-state index contributed by atoms with van der Waals surface area (Å²) >= 11 is 5.86. The number of nitrogens with zero attached hydrogens (tertiary/aromatic N) is 1. The van der Waals surface area contributed by atoms with E-state index in [1.807, 2.05) is 12.1 Å². The van der Waals surface area contributed by atoms with Crippen molar-refractivity contribution in [2.75, 3.05) is 11.1 Å². The summed E-state index contributed by atoms with van der Waals surface area (Å²) in [7, 11) is 0. The Morgan fingerprint density at radius 3 is 2.80 bits per heavy atom. The molecule has 0 saturated carbocycles. The quantitative estimate of drug-likeness (QED) is 0.851. The lowest BCUT2D eigenvalue weighted by atomic mass is 10.1. The first-order chi connectivity index (χ1) is 9.58. The van der Waals surface area contributed by atoms with Crippen molar-refractivity contribution < 1.29 is 4.79 Å². The Balaban J connectivity index is 2.13. The van der Waals surface area contributed by atoms with Crippen LogP contribution in [-0.4, -0.2) is 5.91 Å². The Kier molecular flexibility index (Phi) is 4.24. The molecule has 3 N–H and O–H groups in total. The number of carbonyl (C=O) groups is 1. The van der Waals surface area contributed by atoms with Gasteiger partial charge in [0, 0.05) is 10.7 Å². The van der Waals surface area contributed by atoms with Gasteiger partial charge in [0.1, 0.15) is 6.07 Å². The summed E-state index contributed by atoms with van der Waals surface area (Å²) < 4.78 is 0. The first kappa shape index (κ1) is 13.9. The maximum absolute atomic E-state index is 12.0. The molecule has 0 aliphatic rings. The van der Waals surface area contributed by atoms with Gasteiger partial charge in [-0.1, -0.05) is 23.7 Å². The summed E-state index contributed by atoms with van der Waals surface area (Å²) in [4.78, 5) is 12.0. The number of hydrogen-bond acceptors (Lipinski definition) is 3. The fourth-order valence-electron chi connectivity index (χ4n) is 1.80. The largest absolute Gasteiger partial charge is 0.399 e. The van der Waals surface area contributed by atoms with Crippen LogP contribution in [0.5, 0.6) is 0 Å². The van der Waals surface area contributed by atoms with Gasteiger partial charge >= 0.3 is 0 Å². The fourth-order valence-corrected chi connectivity index (χ4v) is 1.97. The molecule has 0 unspecified atom stereocenters. The van der Waals surface area contributed by atoms with Crippen molar-refractivity contribution >= 4 is 28.9 Å². The molecule has 5 heteroatoms. The standard InChI is InChI=1S/C15H12ClN3O/c16-12-5-4-11(9-17)14(8-12)19-15(20)7-10-2-1-3-13(18)6-10/h1-6,8H,7,18H2,(H,19,20). The van der Waals surface area contributed by atoms with Crippen LogP contribution in [-0.2, 0) is 11.2 Å². The number of anilines is 2. The molecule has 0 spiro atoms. The molecular weight excluding hydrogens is 274 g/mol. The lowest BCUT2D eigenvalue weighted by molar-refractivity contribution is -0.115. The lowest BCUT2D eigenvalue weighted by Gasteiger charge is -2.08. The predicted octanol–water partition coefficient (Wildman–Crippen LogP) is 2.98. The number of rotatable bonds is 3. The summed E-state index contributed by atoms with van der Waals surface area (Å²) in [6.45, 7) is 0. The highest BCUT2D eigenvalue weighted by Gasteiger charge is 2.08. The van der Waals surface area contributed by atoms with E-state index in [9.17, 15) is 4.79 Å². The zero-order valence-corrected chi connectivity index (χ0v) is 11.3. The molecule has 2 aromatic rings. The molecule has 4 nitrogen and oxygen atoms in total. The zero-order valence-electron chi connectivity index (χ0n) is 10.6. The Morgan fingerprint density at radius 1 is 1.30 bits per heavy atom. The van der Waals surface area contributed by atoms with Gasteiger partial charge in [-0.05, 0) is 35.9 Å². The molecule has 0 heterocycles. The van der Waals surface area contributed by atoms with Gasteiger partial charge in [-0.15, -0.1) is 0 Å².